The molecule has 0 bridgehead atoms. The van der Waals surface area contributed by atoms with Gasteiger partial charge in [0, 0.05) is 30.2 Å². The lowest BCUT2D eigenvalue weighted by Crippen LogP contribution is -2.20. The largest absolute Gasteiger partial charge is 0.493 e. The number of esters is 1. The van der Waals surface area contributed by atoms with Gasteiger partial charge in [0.2, 0.25) is 0 Å². The molecule has 226 valence electrons. The van der Waals surface area contributed by atoms with Gasteiger partial charge in [0.25, 0.3) is 10.0 Å². The van der Waals surface area contributed by atoms with Crippen molar-refractivity contribution in [2.45, 2.75) is 43.9 Å². The van der Waals surface area contributed by atoms with Crippen molar-refractivity contribution in [1.82, 2.24) is 3.97 Å². The standard InChI is InChI=1S/C32H34N2O8S/c1-5-25(21-8-10-23(11-9-21)33-14-6-7-15-33)32(37)42-28-13-12-24(16-20(28)2)43(38,39)34-26-19-30(41-4)29(40-3)18-22(26)17-27(34)31(35)36/h8-13,16-19,25H,5-7,14-15H2,1-4H3,(H,35,36). The summed E-state index contributed by atoms with van der Waals surface area (Å²) in [6.45, 7) is 5.61. The first-order valence-electron chi connectivity index (χ1n) is 14.0. The van der Waals surface area contributed by atoms with Gasteiger partial charge < -0.3 is 24.2 Å². The number of carboxylic acid groups (broad SMARTS) is 1. The molecule has 0 spiro atoms. The van der Waals surface area contributed by atoms with E-state index in [1.165, 1.54) is 63.5 Å². The van der Waals surface area contributed by atoms with E-state index < -0.39 is 33.6 Å². The van der Waals surface area contributed by atoms with Crippen molar-refractivity contribution >= 4 is 38.6 Å². The molecule has 1 aliphatic rings. The molecule has 1 atom stereocenters. The van der Waals surface area contributed by atoms with Crippen LogP contribution in [0.1, 0.15) is 53.7 Å². The first-order valence-corrected chi connectivity index (χ1v) is 15.5. The summed E-state index contributed by atoms with van der Waals surface area (Å²) < 4.78 is 44.8. The fourth-order valence-corrected chi connectivity index (χ4v) is 7.12. The minimum Gasteiger partial charge on any atom is -0.493 e. The Hall–Kier alpha value is -4.51. The molecule has 10 nitrogen and oxygen atoms in total. The van der Waals surface area contributed by atoms with Crippen molar-refractivity contribution in [1.29, 1.82) is 0 Å². The molecule has 0 aliphatic carbocycles. The van der Waals surface area contributed by atoms with Gasteiger partial charge in [-0.1, -0.05) is 19.1 Å². The van der Waals surface area contributed by atoms with E-state index in [-0.39, 0.29) is 21.9 Å². The summed E-state index contributed by atoms with van der Waals surface area (Å²) in [5.74, 6) is -1.56. The lowest BCUT2D eigenvalue weighted by atomic mass is 9.96. The number of nitrogens with zero attached hydrogens (tertiary/aromatic N) is 2. The number of rotatable bonds is 10. The van der Waals surface area contributed by atoms with Crippen molar-refractivity contribution in [3.05, 3.63) is 77.5 Å². The molecule has 1 aliphatic heterocycles. The molecule has 11 heteroatoms. The number of aromatic nitrogens is 1. The quantitative estimate of drug-likeness (QED) is 0.181. The highest BCUT2D eigenvalue weighted by Gasteiger charge is 2.29. The van der Waals surface area contributed by atoms with Crippen LogP contribution in [0.4, 0.5) is 5.69 Å². The van der Waals surface area contributed by atoms with Crippen LogP contribution >= 0.6 is 0 Å². The summed E-state index contributed by atoms with van der Waals surface area (Å²) in [6.07, 6.45) is 2.88. The SMILES string of the molecule is CCC(C(=O)Oc1ccc(S(=O)(=O)n2c(C(=O)O)cc3cc(OC)c(OC)cc32)cc1C)c1ccc(N2CCCC2)cc1. The third kappa shape index (κ3) is 5.64. The van der Waals surface area contributed by atoms with Crippen molar-refractivity contribution in [3.63, 3.8) is 0 Å². The number of aryl methyl sites for hydroxylation is 1. The Labute approximate surface area is 250 Å². The maximum Gasteiger partial charge on any atom is 0.353 e. The number of aromatic carboxylic acids is 1. The number of fused-ring (bicyclic) bond motifs is 1. The highest BCUT2D eigenvalue weighted by Crippen LogP contribution is 2.36. The van der Waals surface area contributed by atoms with Gasteiger partial charge in [-0.15, -0.1) is 0 Å². The predicted molar refractivity (Wildman–Crippen MR) is 162 cm³/mol. The summed E-state index contributed by atoms with van der Waals surface area (Å²) >= 11 is 0. The first-order chi connectivity index (χ1) is 20.6. The van der Waals surface area contributed by atoms with E-state index in [0.29, 0.717) is 23.1 Å². The van der Waals surface area contributed by atoms with Crippen LogP contribution in [0.3, 0.4) is 0 Å². The van der Waals surface area contributed by atoms with Crippen molar-refractivity contribution in [2.75, 3.05) is 32.2 Å². The van der Waals surface area contributed by atoms with Gasteiger partial charge in [-0.2, -0.15) is 0 Å². The molecule has 1 fully saturated rings. The van der Waals surface area contributed by atoms with E-state index in [4.69, 9.17) is 14.2 Å². The minimum absolute atomic E-state index is 0.116. The van der Waals surface area contributed by atoms with Gasteiger partial charge in [0.15, 0.2) is 11.5 Å². The van der Waals surface area contributed by atoms with Crippen molar-refractivity contribution in [3.8, 4) is 17.2 Å². The lowest BCUT2D eigenvalue weighted by Gasteiger charge is -2.20. The maximum atomic E-state index is 13.9. The second-order valence-electron chi connectivity index (χ2n) is 10.5. The summed E-state index contributed by atoms with van der Waals surface area (Å²) in [4.78, 5) is 27.5. The molecule has 0 saturated carbocycles. The summed E-state index contributed by atoms with van der Waals surface area (Å²) in [6, 6.07) is 16.3. The number of benzene rings is 3. The van der Waals surface area contributed by atoms with Gasteiger partial charge in [0.1, 0.15) is 11.4 Å². The molecule has 43 heavy (non-hydrogen) atoms. The van der Waals surface area contributed by atoms with Crippen LogP contribution in [0.5, 0.6) is 17.2 Å². The van der Waals surface area contributed by atoms with Gasteiger partial charge in [-0.3, -0.25) is 4.79 Å². The molecule has 3 aromatic carbocycles. The third-order valence-corrected chi connectivity index (χ3v) is 9.56. The van der Waals surface area contributed by atoms with E-state index in [2.05, 4.69) is 4.90 Å². The van der Waals surface area contributed by atoms with Crippen LogP contribution in [0.2, 0.25) is 0 Å². The van der Waals surface area contributed by atoms with Gasteiger partial charge in [-0.25, -0.2) is 17.2 Å². The molecule has 1 unspecified atom stereocenters. The zero-order chi connectivity index (χ0) is 30.9. The molecule has 5 rings (SSSR count). The topological polar surface area (TPSA) is 124 Å². The van der Waals surface area contributed by atoms with Crippen LogP contribution < -0.4 is 19.1 Å². The Balaban J connectivity index is 1.43. The molecule has 1 saturated heterocycles. The highest BCUT2D eigenvalue weighted by molar-refractivity contribution is 7.90. The number of ether oxygens (including phenoxy) is 3. The van der Waals surface area contributed by atoms with Crippen molar-refractivity contribution in [2.24, 2.45) is 0 Å². The van der Waals surface area contributed by atoms with E-state index in [1.807, 2.05) is 31.2 Å². The Morgan fingerprint density at radius 1 is 0.907 bits per heavy atom. The smallest absolute Gasteiger partial charge is 0.353 e. The van der Waals surface area contributed by atoms with E-state index in [9.17, 15) is 23.1 Å². The van der Waals surface area contributed by atoms with E-state index in [1.54, 1.807) is 6.92 Å². The van der Waals surface area contributed by atoms with Gasteiger partial charge in [0.05, 0.1) is 30.5 Å². The summed E-state index contributed by atoms with van der Waals surface area (Å²) in [5.41, 5.74) is 2.06. The van der Waals surface area contributed by atoms with Crippen LogP contribution in [0.15, 0.2) is 65.6 Å². The van der Waals surface area contributed by atoms with Gasteiger partial charge in [-0.05, 0) is 79.8 Å². The Bertz CT molecular complexity index is 1790. The van der Waals surface area contributed by atoms with Crippen LogP contribution in [-0.4, -0.2) is 56.7 Å². The number of methoxy groups -OCH3 is 2. The average Bonchev–Trinajstić information content (AvgIpc) is 3.67. The fraction of sp³-hybridized carbons (Fsp3) is 0.312. The fourth-order valence-electron chi connectivity index (χ4n) is 5.53. The normalized spacial score (nSPS) is 14.1. The van der Waals surface area contributed by atoms with Crippen LogP contribution in [-0.2, 0) is 14.8 Å². The third-order valence-electron chi connectivity index (χ3n) is 7.84. The minimum atomic E-state index is -4.39. The number of carbonyl (C=O) groups excluding carboxylic acids is 1. The van der Waals surface area contributed by atoms with E-state index >= 15 is 0 Å². The van der Waals surface area contributed by atoms with Crippen molar-refractivity contribution < 1.29 is 37.3 Å². The van der Waals surface area contributed by atoms with E-state index in [0.717, 1.165) is 28.3 Å². The molecule has 0 radical (unpaired) electrons. The maximum absolute atomic E-state index is 13.9. The number of hydrogen-bond acceptors (Lipinski definition) is 8. The zero-order valence-electron chi connectivity index (χ0n) is 24.5. The highest BCUT2D eigenvalue weighted by atomic mass is 32.2. The second kappa shape index (κ2) is 12.0. The molecule has 1 aromatic heterocycles. The molecule has 0 amide bonds. The lowest BCUT2D eigenvalue weighted by molar-refractivity contribution is -0.136. The van der Waals surface area contributed by atoms with Crippen LogP contribution in [0, 0.1) is 6.92 Å². The second-order valence-corrected chi connectivity index (χ2v) is 12.3. The monoisotopic (exact) mass is 606 g/mol. The number of hydrogen-bond donors (Lipinski definition) is 1. The number of carbonyl (C=O) groups is 2. The summed E-state index contributed by atoms with van der Waals surface area (Å²) in [5, 5.41) is 10.2. The Kier molecular flexibility index (Phi) is 8.36. The zero-order valence-corrected chi connectivity index (χ0v) is 25.3. The molecular weight excluding hydrogens is 572 g/mol. The molecule has 2 heterocycles. The van der Waals surface area contributed by atoms with Gasteiger partial charge >= 0.3 is 11.9 Å². The average molecular weight is 607 g/mol. The summed E-state index contributed by atoms with van der Waals surface area (Å²) in [7, 11) is -1.56. The predicted octanol–water partition coefficient (Wildman–Crippen LogP) is 5.60. The Morgan fingerprint density at radius 3 is 2.14 bits per heavy atom. The first kappa shape index (κ1) is 30.0. The Morgan fingerprint density at radius 2 is 1.56 bits per heavy atom. The number of anilines is 1. The molecular formula is C32H34N2O8S. The molecule has 1 N–H and O–H groups in total. The van der Waals surface area contributed by atoms with Crippen LogP contribution in [0.25, 0.3) is 10.9 Å². The number of carboxylic acids is 1. The molecule has 4 aromatic rings.